The van der Waals surface area contributed by atoms with E-state index in [0.29, 0.717) is 5.41 Å². The Bertz CT molecular complexity index is 236. The highest BCUT2D eigenvalue weighted by Crippen LogP contribution is 2.39. The molecule has 0 radical (unpaired) electrons. The minimum absolute atomic E-state index is 0.0795. The smallest absolute Gasteiger partial charge is 0.0679 e. The van der Waals surface area contributed by atoms with Gasteiger partial charge in [0.1, 0.15) is 0 Å². The topological polar surface area (TPSA) is 35.5 Å². The van der Waals surface area contributed by atoms with E-state index < -0.39 is 0 Å². The van der Waals surface area contributed by atoms with E-state index in [4.69, 9.17) is 0 Å². The Kier molecular flexibility index (Phi) is 4.45. The highest BCUT2D eigenvalue weighted by Gasteiger charge is 2.36. The van der Waals surface area contributed by atoms with E-state index in [-0.39, 0.29) is 6.10 Å². The second-order valence-corrected chi connectivity index (χ2v) is 6.39. The average Bonchev–Trinajstić information content (AvgIpc) is 2.69. The monoisotopic (exact) mass is 240 g/mol. The maximum Gasteiger partial charge on any atom is 0.0679 e. The molecule has 1 saturated carbocycles. The molecule has 100 valence electrons. The van der Waals surface area contributed by atoms with Crippen LogP contribution in [-0.4, -0.2) is 49.3 Å². The van der Waals surface area contributed by atoms with Gasteiger partial charge in [-0.2, -0.15) is 0 Å². The van der Waals surface area contributed by atoms with Crippen LogP contribution < -0.4 is 5.32 Å². The molecule has 0 bridgehead atoms. The van der Waals surface area contributed by atoms with Crippen LogP contribution in [0.15, 0.2) is 0 Å². The molecule has 1 aliphatic heterocycles. The number of hydrogen-bond acceptors (Lipinski definition) is 3. The summed E-state index contributed by atoms with van der Waals surface area (Å²) in [4.78, 5) is 2.47. The molecule has 1 heterocycles. The quantitative estimate of drug-likeness (QED) is 0.781. The molecule has 1 atom stereocenters. The molecule has 1 saturated heterocycles. The largest absolute Gasteiger partial charge is 0.392 e. The SMILES string of the molecule is CNCC1(CN2CCC(O)C2)CCC(C)CC1. The molecular weight excluding hydrogens is 212 g/mol. The van der Waals surface area contributed by atoms with Gasteiger partial charge in [0.2, 0.25) is 0 Å². The molecule has 3 nitrogen and oxygen atoms in total. The van der Waals surface area contributed by atoms with Gasteiger partial charge in [-0.25, -0.2) is 0 Å². The number of nitrogens with one attached hydrogen (secondary N) is 1. The molecule has 0 aromatic heterocycles. The standard InChI is InChI=1S/C14H28N2O/c1-12-3-6-14(7-4-12,10-15-2)11-16-8-5-13(17)9-16/h12-13,15,17H,3-11H2,1-2H3. The van der Waals surface area contributed by atoms with Crippen LogP contribution in [0.1, 0.15) is 39.0 Å². The molecule has 0 aromatic carbocycles. The van der Waals surface area contributed by atoms with Gasteiger partial charge in [0.15, 0.2) is 0 Å². The van der Waals surface area contributed by atoms with Gasteiger partial charge in [0.25, 0.3) is 0 Å². The maximum atomic E-state index is 9.63. The van der Waals surface area contributed by atoms with Crippen LogP contribution in [0.2, 0.25) is 0 Å². The summed E-state index contributed by atoms with van der Waals surface area (Å²) in [6.45, 7) is 6.66. The summed E-state index contributed by atoms with van der Waals surface area (Å²) in [5.41, 5.74) is 0.464. The molecular formula is C14H28N2O. The third-order valence-corrected chi connectivity index (χ3v) is 4.69. The van der Waals surface area contributed by atoms with E-state index in [1.165, 1.54) is 32.2 Å². The first-order valence-corrected chi connectivity index (χ1v) is 7.18. The summed E-state index contributed by atoms with van der Waals surface area (Å²) in [6, 6.07) is 0. The van der Waals surface area contributed by atoms with Crippen molar-refractivity contribution >= 4 is 0 Å². The van der Waals surface area contributed by atoms with E-state index in [0.717, 1.165) is 32.0 Å². The molecule has 0 amide bonds. The highest BCUT2D eigenvalue weighted by molar-refractivity contribution is 4.90. The van der Waals surface area contributed by atoms with Gasteiger partial charge in [-0.1, -0.05) is 19.8 Å². The maximum absolute atomic E-state index is 9.63. The van der Waals surface area contributed by atoms with Crippen molar-refractivity contribution in [2.24, 2.45) is 11.3 Å². The van der Waals surface area contributed by atoms with Crippen molar-refractivity contribution in [2.75, 3.05) is 33.2 Å². The van der Waals surface area contributed by atoms with Crippen LogP contribution in [0, 0.1) is 11.3 Å². The van der Waals surface area contributed by atoms with Crippen LogP contribution in [0.3, 0.4) is 0 Å². The van der Waals surface area contributed by atoms with Crippen molar-refractivity contribution in [2.45, 2.75) is 45.1 Å². The Labute approximate surface area is 106 Å². The molecule has 2 aliphatic rings. The number of aliphatic hydroxyl groups excluding tert-OH is 1. The van der Waals surface area contributed by atoms with Crippen molar-refractivity contribution in [1.29, 1.82) is 0 Å². The van der Waals surface area contributed by atoms with E-state index >= 15 is 0 Å². The van der Waals surface area contributed by atoms with Crippen LogP contribution in [0.25, 0.3) is 0 Å². The summed E-state index contributed by atoms with van der Waals surface area (Å²) in [5, 5.41) is 13.0. The van der Waals surface area contributed by atoms with Crippen molar-refractivity contribution in [3.8, 4) is 0 Å². The predicted octanol–water partition coefficient (Wildman–Crippen LogP) is 1.47. The number of likely N-dealkylation sites (tertiary alicyclic amines) is 1. The molecule has 2 rings (SSSR count). The number of rotatable bonds is 4. The first-order chi connectivity index (χ1) is 8.13. The lowest BCUT2D eigenvalue weighted by Gasteiger charge is -2.42. The minimum Gasteiger partial charge on any atom is -0.392 e. The summed E-state index contributed by atoms with van der Waals surface area (Å²) in [5.74, 6) is 0.907. The first-order valence-electron chi connectivity index (χ1n) is 7.18. The van der Waals surface area contributed by atoms with E-state index in [1.54, 1.807) is 0 Å². The Morgan fingerprint density at radius 1 is 1.29 bits per heavy atom. The molecule has 3 heteroatoms. The molecule has 2 N–H and O–H groups in total. The second kappa shape index (κ2) is 5.68. The average molecular weight is 240 g/mol. The van der Waals surface area contributed by atoms with Crippen molar-refractivity contribution in [3.63, 3.8) is 0 Å². The Balaban J connectivity index is 1.92. The summed E-state index contributed by atoms with van der Waals surface area (Å²) < 4.78 is 0. The summed E-state index contributed by atoms with van der Waals surface area (Å²) in [7, 11) is 2.07. The fraction of sp³-hybridized carbons (Fsp3) is 1.00. The lowest BCUT2D eigenvalue weighted by atomic mass is 9.70. The highest BCUT2D eigenvalue weighted by atomic mass is 16.3. The van der Waals surface area contributed by atoms with Crippen molar-refractivity contribution in [3.05, 3.63) is 0 Å². The fourth-order valence-electron chi connectivity index (χ4n) is 3.57. The first kappa shape index (κ1) is 13.3. The van der Waals surface area contributed by atoms with Gasteiger partial charge in [-0.05, 0) is 37.6 Å². The summed E-state index contributed by atoms with van der Waals surface area (Å²) in [6.07, 6.45) is 6.33. The number of aliphatic hydroxyl groups is 1. The number of hydrogen-bond donors (Lipinski definition) is 2. The normalized spacial score (nSPS) is 39.7. The number of nitrogens with zero attached hydrogens (tertiary/aromatic N) is 1. The molecule has 0 aromatic rings. The molecule has 1 unspecified atom stereocenters. The Morgan fingerprint density at radius 2 is 2.00 bits per heavy atom. The zero-order valence-corrected chi connectivity index (χ0v) is 11.4. The minimum atomic E-state index is -0.0795. The Morgan fingerprint density at radius 3 is 2.53 bits per heavy atom. The van der Waals surface area contributed by atoms with Gasteiger partial charge >= 0.3 is 0 Å². The third kappa shape index (κ3) is 3.43. The molecule has 0 spiro atoms. The van der Waals surface area contributed by atoms with Crippen LogP contribution in [0.5, 0.6) is 0 Å². The van der Waals surface area contributed by atoms with Gasteiger partial charge in [-0.15, -0.1) is 0 Å². The van der Waals surface area contributed by atoms with E-state index in [9.17, 15) is 5.11 Å². The van der Waals surface area contributed by atoms with E-state index in [1.807, 2.05) is 0 Å². The summed E-state index contributed by atoms with van der Waals surface area (Å²) >= 11 is 0. The van der Waals surface area contributed by atoms with Gasteiger partial charge in [-0.3, -0.25) is 0 Å². The van der Waals surface area contributed by atoms with Crippen LogP contribution in [-0.2, 0) is 0 Å². The second-order valence-electron chi connectivity index (χ2n) is 6.39. The van der Waals surface area contributed by atoms with E-state index in [2.05, 4.69) is 24.2 Å². The van der Waals surface area contributed by atoms with Gasteiger partial charge < -0.3 is 15.3 Å². The fourth-order valence-corrected chi connectivity index (χ4v) is 3.57. The zero-order chi connectivity index (χ0) is 12.3. The molecule has 17 heavy (non-hydrogen) atoms. The lowest BCUT2D eigenvalue weighted by Crippen LogP contribution is -2.45. The van der Waals surface area contributed by atoms with Crippen LogP contribution >= 0.6 is 0 Å². The molecule has 1 aliphatic carbocycles. The Hall–Kier alpha value is -0.120. The lowest BCUT2D eigenvalue weighted by molar-refractivity contribution is 0.0905. The molecule has 2 fully saturated rings. The third-order valence-electron chi connectivity index (χ3n) is 4.69. The van der Waals surface area contributed by atoms with Gasteiger partial charge in [0.05, 0.1) is 6.10 Å². The number of β-amino-alcohol motifs (C(OH)–C–C–N with tert-alkyl or cyclic N) is 1. The predicted molar refractivity (Wildman–Crippen MR) is 71.1 cm³/mol. The van der Waals surface area contributed by atoms with Crippen LogP contribution in [0.4, 0.5) is 0 Å². The van der Waals surface area contributed by atoms with Crippen molar-refractivity contribution in [1.82, 2.24) is 10.2 Å². The van der Waals surface area contributed by atoms with Crippen molar-refractivity contribution < 1.29 is 5.11 Å². The van der Waals surface area contributed by atoms with Gasteiger partial charge in [0, 0.05) is 26.2 Å². The zero-order valence-electron chi connectivity index (χ0n) is 11.4.